The summed E-state index contributed by atoms with van der Waals surface area (Å²) in [7, 11) is 0. The number of aryl methyl sites for hydroxylation is 2. The third-order valence-electron chi connectivity index (χ3n) is 3.86. The average molecular weight is 292 g/mol. The van der Waals surface area contributed by atoms with Crippen molar-refractivity contribution in [1.82, 2.24) is 0 Å². The van der Waals surface area contributed by atoms with E-state index in [0.717, 1.165) is 16.5 Å². The number of ketones is 2. The van der Waals surface area contributed by atoms with E-state index in [2.05, 4.69) is 0 Å². The van der Waals surface area contributed by atoms with Crippen molar-refractivity contribution in [2.24, 2.45) is 0 Å². The summed E-state index contributed by atoms with van der Waals surface area (Å²) in [6, 6.07) is 12.6. The van der Waals surface area contributed by atoms with Gasteiger partial charge in [-0.1, -0.05) is 29.8 Å². The summed E-state index contributed by atoms with van der Waals surface area (Å²) in [5.41, 5.74) is 3.70. The number of furan rings is 1. The maximum atomic E-state index is 12.6. The predicted molar refractivity (Wildman–Crippen MR) is 85.6 cm³/mol. The molecule has 3 nitrogen and oxygen atoms in total. The van der Waals surface area contributed by atoms with Gasteiger partial charge in [-0.2, -0.15) is 0 Å². The molecule has 3 heteroatoms. The minimum Gasteiger partial charge on any atom is -0.452 e. The van der Waals surface area contributed by atoms with Crippen LogP contribution in [0.25, 0.3) is 11.0 Å². The van der Waals surface area contributed by atoms with Crippen LogP contribution in [-0.4, -0.2) is 11.6 Å². The normalized spacial score (nSPS) is 10.9. The van der Waals surface area contributed by atoms with E-state index in [1.807, 2.05) is 26.0 Å². The summed E-state index contributed by atoms with van der Waals surface area (Å²) in [5, 5.41) is 0.808. The summed E-state index contributed by atoms with van der Waals surface area (Å²) < 4.78 is 5.72. The molecule has 0 aliphatic carbocycles. The molecule has 0 bridgehead atoms. The van der Waals surface area contributed by atoms with Crippen LogP contribution in [0.2, 0.25) is 0 Å². The van der Waals surface area contributed by atoms with Crippen LogP contribution >= 0.6 is 0 Å². The molecule has 0 unspecified atom stereocenters. The van der Waals surface area contributed by atoms with Crippen molar-refractivity contribution >= 4 is 22.5 Å². The molecule has 0 saturated carbocycles. The van der Waals surface area contributed by atoms with Crippen molar-refractivity contribution in [3.8, 4) is 0 Å². The smallest absolute Gasteiger partial charge is 0.228 e. The number of rotatable bonds is 3. The standard InChI is InChI=1S/C19H16O3/c1-11-4-6-14(7-5-11)18(21)19-12(2)16-10-15(13(3)20)8-9-17(16)22-19/h4-10H,1-3H3. The number of Topliss-reactive ketones (excluding diaryl/α,β-unsaturated/α-hetero) is 1. The molecule has 1 aromatic heterocycles. The van der Waals surface area contributed by atoms with E-state index in [1.165, 1.54) is 6.92 Å². The minimum atomic E-state index is -0.141. The van der Waals surface area contributed by atoms with Crippen LogP contribution in [0, 0.1) is 13.8 Å². The second kappa shape index (κ2) is 5.26. The Hall–Kier alpha value is -2.68. The monoisotopic (exact) mass is 292 g/mol. The zero-order valence-electron chi connectivity index (χ0n) is 12.8. The topological polar surface area (TPSA) is 47.3 Å². The fourth-order valence-corrected chi connectivity index (χ4v) is 2.49. The Kier molecular flexibility index (Phi) is 3.41. The summed E-state index contributed by atoms with van der Waals surface area (Å²) in [4.78, 5) is 24.1. The Balaban J connectivity index is 2.11. The number of hydrogen-bond acceptors (Lipinski definition) is 3. The first-order chi connectivity index (χ1) is 10.5. The molecule has 0 amide bonds. The lowest BCUT2D eigenvalue weighted by Crippen LogP contribution is -2.01. The first-order valence-corrected chi connectivity index (χ1v) is 7.13. The average Bonchev–Trinajstić information content (AvgIpc) is 2.84. The van der Waals surface area contributed by atoms with Gasteiger partial charge in [-0.25, -0.2) is 0 Å². The highest BCUT2D eigenvalue weighted by molar-refractivity contribution is 6.11. The largest absolute Gasteiger partial charge is 0.452 e. The Morgan fingerprint density at radius 3 is 2.18 bits per heavy atom. The lowest BCUT2D eigenvalue weighted by Gasteiger charge is -1.99. The molecule has 0 aliphatic rings. The van der Waals surface area contributed by atoms with E-state index in [4.69, 9.17) is 4.42 Å². The van der Waals surface area contributed by atoms with Crippen LogP contribution in [0.4, 0.5) is 0 Å². The first-order valence-electron chi connectivity index (χ1n) is 7.13. The molecule has 0 fully saturated rings. The third kappa shape index (κ3) is 2.35. The van der Waals surface area contributed by atoms with E-state index in [-0.39, 0.29) is 11.6 Å². The lowest BCUT2D eigenvalue weighted by atomic mass is 10.0. The SMILES string of the molecule is CC(=O)c1ccc2oc(C(=O)c3ccc(C)cc3)c(C)c2c1. The first kappa shape index (κ1) is 14.3. The van der Waals surface area contributed by atoms with Gasteiger partial charge in [-0.3, -0.25) is 9.59 Å². The van der Waals surface area contributed by atoms with E-state index in [9.17, 15) is 9.59 Å². The van der Waals surface area contributed by atoms with Crippen LogP contribution in [0.1, 0.15) is 44.5 Å². The van der Waals surface area contributed by atoms with Crippen molar-refractivity contribution in [2.45, 2.75) is 20.8 Å². The van der Waals surface area contributed by atoms with Gasteiger partial charge in [0.15, 0.2) is 11.5 Å². The third-order valence-corrected chi connectivity index (χ3v) is 3.86. The molecule has 1 heterocycles. The van der Waals surface area contributed by atoms with Crippen LogP contribution in [0.3, 0.4) is 0 Å². The number of benzene rings is 2. The van der Waals surface area contributed by atoms with Crippen LogP contribution in [0.5, 0.6) is 0 Å². The van der Waals surface area contributed by atoms with Crippen molar-refractivity contribution in [2.75, 3.05) is 0 Å². The van der Waals surface area contributed by atoms with Gasteiger partial charge >= 0.3 is 0 Å². The molecule has 3 rings (SSSR count). The number of carbonyl (C=O) groups excluding carboxylic acids is 2. The summed E-state index contributed by atoms with van der Waals surface area (Å²) in [5.74, 6) is 0.187. The molecule has 0 atom stereocenters. The fraction of sp³-hybridized carbons (Fsp3) is 0.158. The zero-order chi connectivity index (χ0) is 15.9. The molecule has 0 saturated heterocycles. The van der Waals surface area contributed by atoms with E-state index in [1.54, 1.807) is 30.3 Å². The Bertz CT molecular complexity index is 883. The molecule has 0 N–H and O–H groups in total. The van der Waals surface area contributed by atoms with Gasteiger partial charge < -0.3 is 4.42 Å². The van der Waals surface area contributed by atoms with Crippen molar-refractivity contribution in [3.63, 3.8) is 0 Å². The van der Waals surface area contributed by atoms with Crippen molar-refractivity contribution in [1.29, 1.82) is 0 Å². The van der Waals surface area contributed by atoms with Gasteiger partial charge in [-0.15, -0.1) is 0 Å². The van der Waals surface area contributed by atoms with Crippen molar-refractivity contribution in [3.05, 3.63) is 70.5 Å². The number of carbonyl (C=O) groups is 2. The van der Waals surface area contributed by atoms with E-state index in [0.29, 0.717) is 22.5 Å². The molecule has 22 heavy (non-hydrogen) atoms. The fourth-order valence-electron chi connectivity index (χ4n) is 2.49. The van der Waals surface area contributed by atoms with Gasteiger partial charge in [0.05, 0.1) is 0 Å². The maximum absolute atomic E-state index is 12.6. The zero-order valence-corrected chi connectivity index (χ0v) is 12.8. The summed E-state index contributed by atoms with van der Waals surface area (Å²) in [6.45, 7) is 5.34. The molecular formula is C19H16O3. The predicted octanol–water partition coefficient (Wildman–Crippen LogP) is 4.48. The molecule has 2 aromatic carbocycles. The molecule has 110 valence electrons. The summed E-state index contributed by atoms with van der Waals surface area (Å²) >= 11 is 0. The number of hydrogen-bond donors (Lipinski definition) is 0. The Morgan fingerprint density at radius 2 is 1.55 bits per heavy atom. The molecule has 0 aliphatic heterocycles. The highest BCUT2D eigenvalue weighted by atomic mass is 16.3. The second-order valence-electron chi connectivity index (χ2n) is 5.52. The van der Waals surface area contributed by atoms with E-state index >= 15 is 0 Å². The maximum Gasteiger partial charge on any atom is 0.228 e. The lowest BCUT2D eigenvalue weighted by molar-refractivity contribution is 0.100. The molecular weight excluding hydrogens is 276 g/mol. The van der Waals surface area contributed by atoms with Crippen LogP contribution in [0.15, 0.2) is 46.9 Å². The minimum absolute atomic E-state index is 0.00564. The van der Waals surface area contributed by atoms with Gasteiger partial charge in [0.2, 0.25) is 5.78 Å². The molecule has 3 aromatic rings. The van der Waals surface area contributed by atoms with Gasteiger partial charge in [-0.05, 0) is 39.0 Å². The van der Waals surface area contributed by atoms with Crippen LogP contribution < -0.4 is 0 Å². The number of fused-ring (bicyclic) bond motifs is 1. The second-order valence-corrected chi connectivity index (χ2v) is 5.52. The van der Waals surface area contributed by atoms with Crippen LogP contribution in [-0.2, 0) is 0 Å². The quantitative estimate of drug-likeness (QED) is 0.668. The van der Waals surface area contributed by atoms with Crippen molar-refractivity contribution < 1.29 is 14.0 Å². The molecule has 0 spiro atoms. The van der Waals surface area contributed by atoms with Gasteiger partial charge in [0.1, 0.15) is 5.58 Å². The Morgan fingerprint density at radius 1 is 0.909 bits per heavy atom. The highest BCUT2D eigenvalue weighted by Gasteiger charge is 2.19. The highest BCUT2D eigenvalue weighted by Crippen LogP contribution is 2.28. The summed E-state index contributed by atoms with van der Waals surface area (Å²) in [6.07, 6.45) is 0. The Labute approximate surface area is 128 Å². The van der Waals surface area contributed by atoms with E-state index < -0.39 is 0 Å². The van der Waals surface area contributed by atoms with Gasteiger partial charge in [0.25, 0.3) is 0 Å². The van der Waals surface area contributed by atoms with Gasteiger partial charge in [0, 0.05) is 22.1 Å². The molecule has 0 radical (unpaired) electrons.